The van der Waals surface area contributed by atoms with E-state index < -0.39 is 0 Å². The van der Waals surface area contributed by atoms with Crippen molar-refractivity contribution >= 4 is 5.96 Å². The number of hydrogen-bond donors (Lipinski definition) is 2. The SMILES string of the molecule is CCC(C)NC(N)=NCc1cc(C)nc(C)n1. The molecule has 0 amide bonds. The number of aliphatic imine (C=N–C) groups is 1. The zero-order valence-electron chi connectivity index (χ0n) is 11.0. The van der Waals surface area contributed by atoms with E-state index in [-0.39, 0.29) is 0 Å². The van der Waals surface area contributed by atoms with Crippen LogP contribution >= 0.6 is 0 Å². The minimum atomic E-state index is 0.340. The van der Waals surface area contributed by atoms with E-state index in [9.17, 15) is 0 Å². The zero-order valence-corrected chi connectivity index (χ0v) is 11.0. The Kier molecular flexibility index (Phi) is 4.87. The van der Waals surface area contributed by atoms with Crippen molar-refractivity contribution in [3.05, 3.63) is 23.3 Å². The molecule has 0 fully saturated rings. The molecule has 1 atom stereocenters. The number of aryl methyl sites for hydroxylation is 2. The summed E-state index contributed by atoms with van der Waals surface area (Å²) < 4.78 is 0. The fourth-order valence-electron chi connectivity index (χ4n) is 1.44. The molecule has 94 valence electrons. The smallest absolute Gasteiger partial charge is 0.189 e. The highest BCUT2D eigenvalue weighted by Gasteiger charge is 2.01. The first-order valence-electron chi connectivity index (χ1n) is 5.89. The van der Waals surface area contributed by atoms with Crippen LogP contribution in [0.3, 0.4) is 0 Å². The lowest BCUT2D eigenvalue weighted by Crippen LogP contribution is -2.38. The Hall–Kier alpha value is -1.65. The molecule has 0 aliphatic carbocycles. The fraction of sp³-hybridized carbons (Fsp3) is 0.583. The summed E-state index contributed by atoms with van der Waals surface area (Å²) in [5.41, 5.74) is 7.62. The second-order valence-corrected chi connectivity index (χ2v) is 4.20. The van der Waals surface area contributed by atoms with E-state index in [1.807, 2.05) is 19.9 Å². The van der Waals surface area contributed by atoms with Crippen molar-refractivity contribution in [1.29, 1.82) is 0 Å². The van der Waals surface area contributed by atoms with Crippen LogP contribution in [0.4, 0.5) is 0 Å². The van der Waals surface area contributed by atoms with E-state index in [1.165, 1.54) is 0 Å². The van der Waals surface area contributed by atoms with Crippen molar-refractivity contribution in [3.63, 3.8) is 0 Å². The molecule has 1 rings (SSSR count). The van der Waals surface area contributed by atoms with Crippen LogP contribution in [0.2, 0.25) is 0 Å². The van der Waals surface area contributed by atoms with Crippen molar-refractivity contribution in [2.45, 2.75) is 46.7 Å². The maximum Gasteiger partial charge on any atom is 0.189 e. The van der Waals surface area contributed by atoms with Crippen molar-refractivity contribution in [3.8, 4) is 0 Å². The van der Waals surface area contributed by atoms with E-state index in [1.54, 1.807) is 0 Å². The van der Waals surface area contributed by atoms with Crippen LogP contribution in [0.1, 0.15) is 37.5 Å². The minimum absolute atomic E-state index is 0.340. The quantitative estimate of drug-likeness (QED) is 0.609. The number of hydrogen-bond acceptors (Lipinski definition) is 3. The summed E-state index contributed by atoms with van der Waals surface area (Å²) in [5, 5.41) is 3.11. The molecule has 0 spiro atoms. The average Bonchev–Trinajstić information content (AvgIpc) is 2.25. The molecule has 1 aromatic heterocycles. The van der Waals surface area contributed by atoms with E-state index in [4.69, 9.17) is 5.73 Å². The van der Waals surface area contributed by atoms with Gasteiger partial charge in [-0.1, -0.05) is 6.92 Å². The van der Waals surface area contributed by atoms with Gasteiger partial charge in [0.05, 0.1) is 12.2 Å². The Labute approximate surface area is 103 Å². The summed E-state index contributed by atoms with van der Waals surface area (Å²) >= 11 is 0. The molecular weight excluding hydrogens is 214 g/mol. The molecule has 0 bridgehead atoms. The molecule has 0 aliphatic rings. The highest BCUT2D eigenvalue weighted by Crippen LogP contribution is 2.01. The first kappa shape index (κ1) is 13.4. The summed E-state index contributed by atoms with van der Waals surface area (Å²) in [7, 11) is 0. The minimum Gasteiger partial charge on any atom is -0.370 e. The van der Waals surface area contributed by atoms with E-state index in [0.717, 1.165) is 23.6 Å². The molecule has 3 N–H and O–H groups in total. The molecule has 0 radical (unpaired) electrons. The van der Waals surface area contributed by atoms with Gasteiger partial charge in [0, 0.05) is 11.7 Å². The molecule has 1 heterocycles. The van der Waals surface area contributed by atoms with Gasteiger partial charge in [-0.2, -0.15) is 0 Å². The predicted octanol–water partition coefficient (Wildman–Crippen LogP) is 1.30. The molecule has 5 nitrogen and oxygen atoms in total. The average molecular weight is 235 g/mol. The predicted molar refractivity (Wildman–Crippen MR) is 69.7 cm³/mol. The van der Waals surface area contributed by atoms with Crippen molar-refractivity contribution in [2.24, 2.45) is 10.7 Å². The number of nitrogens with two attached hydrogens (primary N) is 1. The summed E-state index contributed by atoms with van der Waals surface area (Å²) in [6.45, 7) is 8.48. The highest BCUT2D eigenvalue weighted by molar-refractivity contribution is 5.78. The van der Waals surface area contributed by atoms with Gasteiger partial charge in [0.1, 0.15) is 5.82 Å². The third-order valence-electron chi connectivity index (χ3n) is 2.44. The van der Waals surface area contributed by atoms with Crippen LogP contribution < -0.4 is 11.1 Å². The highest BCUT2D eigenvalue weighted by atomic mass is 15.1. The van der Waals surface area contributed by atoms with Gasteiger partial charge in [0.2, 0.25) is 0 Å². The van der Waals surface area contributed by atoms with Crippen LogP contribution in [-0.2, 0) is 6.54 Å². The van der Waals surface area contributed by atoms with Gasteiger partial charge in [-0.3, -0.25) is 0 Å². The summed E-state index contributed by atoms with van der Waals surface area (Å²) in [4.78, 5) is 12.8. The summed E-state index contributed by atoms with van der Waals surface area (Å²) in [6.07, 6.45) is 1.02. The molecule has 0 saturated carbocycles. The van der Waals surface area contributed by atoms with E-state index >= 15 is 0 Å². The maximum atomic E-state index is 5.77. The van der Waals surface area contributed by atoms with Crippen molar-refractivity contribution < 1.29 is 0 Å². The number of guanidine groups is 1. The molecule has 0 aromatic carbocycles. The molecule has 1 aromatic rings. The third-order valence-corrected chi connectivity index (χ3v) is 2.44. The van der Waals surface area contributed by atoms with Gasteiger partial charge in [0.15, 0.2) is 5.96 Å². The third kappa shape index (κ3) is 4.80. The van der Waals surface area contributed by atoms with Crippen LogP contribution in [0.15, 0.2) is 11.1 Å². The molecule has 17 heavy (non-hydrogen) atoms. The normalized spacial score (nSPS) is 13.5. The maximum absolute atomic E-state index is 5.77. The lowest BCUT2D eigenvalue weighted by Gasteiger charge is -2.11. The van der Waals surface area contributed by atoms with E-state index in [2.05, 4.69) is 34.1 Å². The van der Waals surface area contributed by atoms with Crippen LogP contribution in [0.25, 0.3) is 0 Å². The lowest BCUT2D eigenvalue weighted by molar-refractivity contribution is 0.636. The number of nitrogens with zero attached hydrogens (tertiary/aromatic N) is 3. The molecule has 0 saturated heterocycles. The summed E-state index contributed by atoms with van der Waals surface area (Å²) in [6, 6.07) is 2.26. The standard InChI is InChI=1S/C12H21N5/c1-5-8(2)16-12(13)14-7-11-6-9(3)15-10(4)17-11/h6,8H,5,7H2,1-4H3,(H3,13,14,16). The van der Waals surface area contributed by atoms with Gasteiger partial charge in [-0.05, 0) is 33.3 Å². The molecule has 0 aliphatic heterocycles. The van der Waals surface area contributed by atoms with Crippen molar-refractivity contribution in [2.75, 3.05) is 0 Å². The van der Waals surface area contributed by atoms with Crippen LogP contribution in [0, 0.1) is 13.8 Å². The molecule has 1 unspecified atom stereocenters. The van der Waals surface area contributed by atoms with Gasteiger partial charge in [0.25, 0.3) is 0 Å². The van der Waals surface area contributed by atoms with E-state index in [0.29, 0.717) is 18.5 Å². The largest absolute Gasteiger partial charge is 0.370 e. The number of rotatable bonds is 4. The fourth-order valence-corrected chi connectivity index (χ4v) is 1.44. The Morgan fingerprint density at radius 2 is 2.18 bits per heavy atom. The van der Waals surface area contributed by atoms with Crippen LogP contribution in [-0.4, -0.2) is 22.0 Å². The molecule has 5 heteroatoms. The van der Waals surface area contributed by atoms with Gasteiger partial charge in [-0.25, -0.2) is 15.0 Å². The Morgan fingerprint density at radius 1 is 1.47 bits per heavy atom. The lowest BCUT2D eigenvalue weighted by atomic mass is 10.3. The monoisotopic (exact) mass is 235 g/mol. The first-order chi connectivity index (χ1) is 8.01. The van der Waals surface area contributed by atoms with Gasteiger partial charge in [-0.15, -0.1) is 0 Å². The Balaban J connectivity index is 2.62. The second-order valence-electron chi connectivity index (χ2n) is 4.20. The second kappa shape index (κ2) is 6.18. The first-order valence-corrected chi connectivity index (χ1v) is 5.89. The van der Waals surface area contributed by atoms with Crippen LogP contribution in [0.5, 0.6) is 0 Å². The Morgan fingerprint density at radius 3 is 2.76 bits per heavy atom. The van der Waals surface area contributed by atoms with Gasteiger partial charge >= 0.3 is 0 Å². The zero-order chi connectivity index (χ0) is 12.8. The number of aromatic nitrogens is 2. The van der Waals surface area contributed by atoms with Gasteiger partial charge < -0.3 is 11.1 Å². The number of nitrogens with one attached hydrogen (secondary N) is 1. The molecular formula is C12H21N5. The Bertz CT molecular complexity index is 380. The van der Waals surface area contributed by atoms with Crippen molar-refractivity contribution in [1.82, 2.24) is 15.3 Å². The topological polar surface area (TPSA) is 76.2 Å². The summed E-state index contributed by atoms with van der Waals surface area (Å²) in [5.74, 6) is 1.23.